The van der Waals surface area contributed by atoms with Gasteiger partial charge in [0, 0.05) is 26.2 Å². The quantitative estimate of drug-likeness (QED) is 0.898. The van der Waals surface area contributed by atoms with Crippen LogP contribution in [0.5, 0.6) is 5.75 Å². The van der Waals surface area contributed by atoms with Gasteiger partial charge in [-0.25, -0.2) is 4.79 Å². The molecule has 0 spiro atoms. The van der Waals surface area contributed by atoms with Gasteiger partial charge in [0.1, 0.15) is 11.4 Å². The third-order valence-electron chi connectivity index (χ3n) is 3.61. The number of phenolic OH excluding ortho intramolecular Hbond substituents is 1. The van der Waals surface area contributed by atoms with E-state index in [4.69, 9.17) is 4.74 Å². The normalized spacial score (nSPS) is 18.5. The largest absolute Gasteiger partial charge is 0.508 e. The second-order valence-corrected chi connectivity index (χ2v) is 6.88. The lowest BCUT2D eigenvalue weighted by atomic mass is 10.1. The molecule has 1 aromatic carbocycles. The molecule has 122 valence electrons. The second-order valence-electron chi connectivity index (χ2n) is 6.88. The summed E-state index contributed by atoms with van der Waals surface area (Å²) >= 11 is 0. The molecule has 1 aromatic rings. The zero-order chi connectivity index (χ0) is 16.2. The third kappa shape index (κ3) is 5.22. The Morgan fingerprint density at radius 1 is 1.45 bits per heavy atom. The molecule has 0 aromatic heterocycles. The molecule has 1 amide bonds. The van der Waals surface area contributed by atoms with Crippen molar-refractivity contribution in [2.75, 3.05) is 19.6 Å². The van der Waals surface area contributed by atoms with Gasteiger partial charge in [-0.15, -0.1) is 0 Å². The zero-order valence-corrected chi connectivity index (χ0v) is 13.6. The van der Waals surface area contributed by atoms with Crippen LogP contribution >= 0.6 is 0 Å². The van der Waals surface area contributed by atoms with Crippen molar-refractivity contribution in [2.24, 2.45) is 5.92 Å². The van der Waals surface area contributed by atoms with Crippen molar-refractivity contribution in [1.82, 2.24) is 10.2 Å². The summed E-state index contributed by atoms with van der Waals surface area (Å²) in [5.41, 5.74) is 0.616. The van der Waals surface area contributed by atoms with Crippen LogP contribution in [0.3, 0.4) is 0 Å². The highest BCUT2D eigenvalue weighted by Crippen LogP contribution is 2.19. The fourth-order valence-electron chi connectivity index (χ4n) is 2.58. The number of ether oxygens (including phenoxy) is 1. The van der Waals surface area contributed by atoms with Gasteiger partial charge in [0.2, 0.25) is 0 Å². The standard InChI is InChI=1S/C17H26N2O3/c1-17(2,3)22-16(21)19-8-7-14(12-19)11-18-10-13-5-4-6-15(20)9-13/h4-6,9,14,18,20H,7-8,10-12H2,1-3H3. The minimum absolute atomic E-state index is 0.219. The van der Waals surface area contributed by atoms with E-state index in [1.807, 2.05) is 32.9 Å². The van der Waals surface area contributed by atoms with Crippen LogP contribution in [0.4, 0.5) is 4.79 Å². The van der Waals surface area contributed by atoms with E-state index in [9.17, 15) is 9.90 Å². The fourth-order valence-corrected chi connectivity index (χ4v) is 2.58. The number of nitrogens with zero attached hydrogens (tertiary/aromatic N) is 1. The lowest BCUT2D eigenvalue weighted by Gasteiger charge is -2.24. The number of hydrogen-bond acceptors (Lipinski definition) is 4. The molecule has 1 aliphatic rings. The number of amides is 1. The number of rotatable bonds is 4. The number of carbonyl (C=O) groups is 1. The summed E-state index contributed by atoms with van der Waals surface area (Å²) in [6.45, 7) is 8.72. The van der Waals surface area contributed by atoms with Gasteiger partial charge in [0.05, 0.1) is 0 Å². The Morgan fingerprint density at radius 2 is 2.23 bits per heavy atom. The number of benzene rings is 1. The first-order valence-electron chi connectivity index (χ1n) is 7.80. The summed E-state index contributed by atoms with van der Waals surface area (Å²) in [5.74, 6) is 0.737. The zero-order valence-electron chi connectivity index (χ0n) is 13.6. The highest BCUT2D eigenvalue weighted by molar-refractivity contribution is 5.68. The van der Waals surface area contributed by atoms with Crippen molar-refractivity contribution >= 4 is 6.09 Å². The van der Waals surface area contributed by atoms with Crippen LogP contribution in [0.2, 0.25) is 0 Å². The summed E-state index contributed by atoms with van der Waals surface area (Å²) in [7, 11) is 0. The molecule has 2 rings (SSSR count). The summed E-state index contributed by atoms with van der Waals surface area (Å²) in [6, 6.07) is 7.24. The van der Waals surface area contributed by atoms with Gasteiger partial charge in [-0.05, 0) is 50.8 Å². The molecule has 22 heavy (non-hydrogen) atoms. The van der Waals surface area contributed by atoms with Gasteiger partial charge in [-0.2, -0.15) is 0 Å². The average Bonchev–Trinajstić information content (AvgIpc) is 2.86. The number of phenols is 1. The van der Waals surface area contributed by atoms with E-state index in [-0.39, 0.29) is 11.8 Å². The first-order valence-corrected chi connectivity index (χ1v) is 7.80. The van der Waals surface area contributed by atoms with Crippen molar-refractivity contribution < 1.29 is 14.6 Å². The lowest BCUT2D eigenvalue weighted by molar-refractivity contribution is 0.0288. The first kappa shape index (κ1) is 16.6. The van der Waals surface area contributed by atoms with E-state index < -0.39 is 5.60 Å². The van der Waals surface area contributed by atoms with Gasteiger partial charge in [-0.1, -0.05) is 12.1 Å². The maximum atomic E-state index is 12.0. The fraction of sp³-hybridized carbons (Fsp3) is 0.588. The minimum atomic E-state index is -0.442. The van der Waals surface area contributed by atoms with Crippen LogP contribution in [0, 0.1) is 5.92 Å². The topological polar surface area (TPSA) is 61.8 Å². The monoisotopic (exact) mass is 306 g/mol. The van der Waals surface area contributed by atoms with Gasteiger partial charge in [-0.3, -0.25) is 0 Å². The number of likely N-dealkylation sites (tertiary alicyclic amines) is 1. The predicted octanol–water partition coefficient (Wildman–Crippen LogP) is 2.74. The van der Waals surface area contributed by atoms with Crippen molar-refractivity contribution in [1.29, 1.82) is 0 Å². The Morgan fingerprint density at radius 3 is 2.91 bits per heavy atom. The van der Waals surface area contributed by atoms with Crippen LogP contribution in [0.1, 0.15) is 32.8 Å². The Balaban J connectivity index is 1.71. The molecule has 1 fully saturated rings. The smallest absolute Gasteiger partial charge is 0.410 e. The van der Waals surface area contributed by atoms with Gasteiger partial charge in [0.15, 0.2) is 0 Å². The van der Waals surface area contributed by atoms with E-state index in [0.717, 1.165) is 38.2 Å². The average molecular weight is 306 g/mol. The first-order chi connectivity index (χ1) is 10.3. The molecular weight excluding hydrogens is 280 g/mol. The second kappa shape index (κ2) is 7.01. The molecule has 1 heterocycles. The number of hydrogen-bond donors (Lipinski definition) is 2. The SMILES string of the molecule is CC(C)(C)OC(=O)N1CCC(CNCc2cccc(O)c2)C1. The lowest BCUT2D eigenvalue weighted by Crippen LogP contribution is -2.36. The maximum absolute atomic E-state index is 12.0. The number of nitrogens with one attached hydrogen (secondary N) is 1. The van der Waals surface area contributed by atoms with Crippen LogP contribution in [-0.2, 0) is 11.3 Å². The Bertz CT molecular complexity index is 511. The van der Waals surface area contributed by atoms with E-state index in [1.54, 1.807) is 17.0 Å². The van der Waals surface area contributed by atoms with Crippen molar-refractivity contribution in [2.45, 2.75) is 39.3 Å². The highest BCUT2D eigenvalue weighted by atomic mass is 16.6. The van der Waals surface area contributed by atoms with E-state index in [1.165, 1.54) is 0 Å². The van der Waals surface area contributed by atoms with Crippen LogP contribution < -0.4 is 5.32 Å². The molecule has 2 N–H and O–H groups in total. The van der Waals surface area contributed by atoms with Crippen LogP contribution in [-0.4, -0.2) is 41.3 Å². The van der Waals surface area contributed by atoms with Gasteiger partial charge >= 0.3 is 6.09 Å². The summed E-state index contributed by atoms with van der Waals surface area (Å²) in [5, 5.41) is 12.8. The highest BCUT2D eigenvalue weighted by Gasteiger charge is 2.29. The molecule has 1 unspecified atom stereocenters. The van der Waals surface area contributed by atoms with E-state index >= 15 is 0 Å². The van der Waals surface area contributed by atoms with Crippen LogP contribution in [0.15, 0.2) is 24.3 Å². The molecule has 1 aliphatic heterocycles. The Kier molecular flexibility index (Phi) is 5.29. The molecule has 0 aliphatic carbocycles. The summed E-state index contributed by atoms with van der Waals surface area (Å²) < 4.78 is 5.40. The summed E-state index contributed by atoms with van der Waals surface area (Å²) in [4.78, 5) is 13.8. The van der Waals surface area contributed by atoms with Crippen molar-refractivity contribution in [3.8, 4) is 5.75 Å². The summed E-state index contributed by atoms with van der Waals surface area (Å²) in [6.07, 6.45) is 0.773. The van der Waals surface area contributed by atoms with Gasteiger partial charge in [0.25, 0.3) is 0 Å². The van der Waals surface area contributed by atoms with E-state index in [2.05, 4.69) is 5.32 Å². The minimum Gasteiger partial charge on any atom is -0.508 e. The predicted molar refractivity (Wildman–Crippen MR) is 85.7 cm³/mol. The molecule has 5 nitrogen and oxygen atoms in total. The molecule has 0 saturated carbocycles. The Labute approximate surface area is 132 Å². The molecule has 0 radical (unpaired) electrons. The molecule has 0 bridgehead atoms. The Hall–Kier alpha value is -1.75. The van der Waals surface area contributed by atoms with Crippen LogP contribution in [0.25, 0.3) is 0 Å². The van der Waals surface area contributed by atoms with Crippen molar-refractivity contribution in [3.05, 3.63) is 29.8 Å². The molecular formula is C17H26N2O3. The van der Waals surface area contributed by atoms with Crippen molar-refractivity contribution in [3.63, 3.8) is 0 Å². The molecule has 1 saturated heterocycles. The number of carbonyl (C=O) groups excluding carboxylic acids is 1. The third-order valence-corrected chi connectivity index (χ3v) is 3.61. The maximum Gasteiger partial charge on any atom is 0.410 e. The molecule has 5 heteroatoms. The number of aromatic hydroxyl groups is 1. The van der Waals surface area contributed by atoms with E-state index in [0.29, 0.717) is 5.92 Å². The van der Waals surface area contributed by atoms with Gasteiger partial charge < -0.3 is 20.1 Å². The molecule has 1 atom stereocenters.